The van der Waals surface area contributed by atoms with Gasteiger partial charge in [-0.25, -0.2) is 0 Å². The number of rotatable bonds is 6. The van der Waals surface area contributed by atoms with E-state index in [4.69, 9.17) is 13.9 Å². The van der Waals surface area contributed by atoms with Crippen molar-refractivity contribution in [3.63, 3.8) is 0 Å². The van der Waals surface area contributed by atoms with Crippen LogP contribution in [0.2, 0.25) is 0 Å². The summed E-state index contributed by atoms with van der Waals surface area (Å²) < 4.78 is 16.3. The van der Waals surface area contributed by atoms with Gasteiger partial charge in [0.15, 0.2) is 6.29 Å². The lowest BCUT2D eigenvalue weighted by molar-refractivity contribution is -0.0527. The molecule has 16 heavy (non-hydrogen) atoms. The van der Waals surface area contributed by atoms with Gasteiger partial charge in [-0.3, -0.25) is 0 Å². The Morgan fingerprint density at radius 3 is 2.88 bits per heavy atom. The Balaban J connectivity index is 1.83. The lowest BCUT2D eigenvalue weighted by atomic mass is 10.1. The van der Waals surface area contributed by atoms with Gasteiger partial charge in [-0.05, 0) is 18.7 Å². The SMILES string of the molecule is CCNC(Cc1ccco1)CC1OCCO1. The number of likely N-dealkylation sites (N-methyl/N-ethyl adjacent to an activating group) is 1. The second kappa shape index (κ2) is 6.03. The minimum Gasteiger partial charge on any atom is -0.469 e. The molecule has 0 spiro atoms. The lowest BCUT2D eigenvalue weighted by Crippen LogP contribution is -2.34. The first kappa shape index (κ1) is 11.6. The smallest absolute Gasteiger partial charge is 0.159 e. The Morgan fingerprint density at radius 1 is 1.44 bits per heavy atom. The summed E-state index contributed by atoms with van der Waals surface area (Å²) in [5.74, 6) is 1.00. The molecule has 4 heteroatoms. The average molecular weight is 225 g/mol. The minimum atomic E-state index is -0.0565. The standard InChI is InChI=1S/C12H19NO3/c1-2-13-10(8-11-4-3-5-14-11)9-12-15-6-7-16-12/h3-5,10,12-13H,2,6-9H2,1H3. The molecule has 1 aliphatic rings. The number of ether oxygens (including phenoxy) is 2. The van der Waals surface area contributed by atoms with Gasteiger partial charge in [-0.15, -0.1) is 0 Å². The predicted molar refractivity (Wildman–Crippen MR) is 60.2 cm³/mol. The van der Waals surface area contributed by atoms with Crippen molar-refractivity contribution in [2.24, 2.45) is 0 Å². The topological polar surface area (TPSA) is 43.6 Å². The summed E-state index contributed by atoms with van der Waals surface area (Å²) in [5, 5.41) is 3.43. The Labute approximate surface area is 95.9 Å². The van der Waals surface area contributed by atoms with Crippen LogP contribution in [-0.2, 0) is 15.9 Å². The van der Waals surface area contributed by atoms with Crippen LogP contribution in [0.4, 0.5) is 0 Å². The molecule has 0 radical (unpaired) electrons. The molecule has 2 heterocycles. The van der Waals surface area contributed by atoms with E-state index in [0.717, 1.165) is 25.1 Å². The monoisotopic (exact) mass is 225 g/mol. The van der Waals surface area contributed by atoms with E-state index in [1.807, 2.05) is 12.1 Å². The second-order valence-corrected chi connectivity index (χ2v) is 3.94. The van der Waals surface area contributed by atoms with Crippen molar-refractivity contribution >= 4 is 0 Å². The largest absolute Gasteiger partial charge is 0.469 e. The predicted octanol–water partition coefficient (Wildman–Crippen LogP) is 1.56. The van der Waals surface area contributed by atoms with Gasteiger partial charge in [0, 0.05) is 18.9 Å². The van der Waals surface area contributed by atoms with Gasteiger partial charge in [0.1, 0.15) is 5.76 Å². The maximum Gasteiger partial charge on any atom is 0.159 e. The van der Waals surface area contributed by atoms with Crippen molar-refractivity contribution < 1.29 is 13.9 Å². The first-order chi connectivity index (χ1) is 7.88. The van der Waals surface area contributed by atoms with Crippen LogP contribution in [0.15, 0.2) is 22.8 Å². The molecule has 1 aromatic rings. The molecule has 0 aromatic carbocycles. The number of nitrogens with one attached hydrogen (secondary N) is 1. The van der Waals surface area contributed by atoms with E-state index in [-0.39, 0.29) is 6.29 Å². The lowest BCUT2D eigenvalue weighted by Gasteiger charge is -2.19. The molecule has 1 aliphatic heterocycles. The fourth-order valence-electron chi connectivity index (χ4n) is 1.97. The summed E-state index contributed by atoms with van der Waals surface area (Å²) in [4.78, 5) is 0. The van der Waals surface area contributed by atoms with Crippen molar-refractivity contribution in [1.82, 2.24) is 5.32 Å². The molecule has 1 atom stereocenters. The molecule has 1 aromatic heterocycles. The Bertz CT molecular complexity index is 280. The Kier molecular flexibility index (Phi) is 4.39. The fourth-order valence-corrected chi connectivity index (χ4v) is 1.97. The molecule has 0 bridgehead atoms. The molecule has 4 nitrogen and oxygen atoms in total. The zero-order chi connectivity index (χ0) is 11.2. The van der Waals surface area contributed by atoms with Crippen LogP contribution in [0, 0.1) is 0 Å². The molecule has 90 valence electrons. The van der Waals surface area contributed by atoms with Crippen molar-refractivity contribution in [2.75, 3.05) is 19.8 Å². The third kappa shape index (κ3) is 3.33. The van der Waals surface area contributed by atoms with Gasteiger partial charge in [0.05, 0.1) is 19.5 Å². The summed E-state index contributed by atoms with van der Waals surface area (Å²) in [5.41, 5.74) is 0. The summed E-state index contributed by atoms with van der Waals surface area (Å²) >= 11 is 0. The van der Waals surface area contributed by atoms with E-state index >= 15 is 0 Å². The van der Waals surface area contributed by atoms with Crippen LogP contribution >= 0.6 is 0 Å². The average Bonchev–Trinajstić information content (AvgIpc) is 2.91. The van der Waals surface area contributed by atoms with E-state index in [9.17, 15) is 0 Å². The van der Waals surface area contributed by atoms with Gasteiger partial charge in [-0.2, -0.15) is 0 Å². The molecular weight excluding hydrogens is 206 g/mol. The molecule has 1 N–H and O–H groups in total. The zero-order valence-electron chi connectivity index (χ0n) is 9.65. The maximum atomic E-state index is 5.46. The van der Waals surface area contributed by atoms with E-state index in [0.29, 0.717) is 19.3 Å². The normalized spacial score (nSPS) is 19.1. The van der Waals surface area contributed by atoms with E-state index in [1.54, 1.807) is 6.26 Å². The quantitative estimate of drug-likeness (QED) is 0.798. The molecule has 2 rings (SSSR count). The third-order valence-electron chi connectivity index (χ3n) is 2.69. The zero-order valence-corrected chi connectivity index (χ0v) is 9.65. The van der Waals surface area contributed by atoms with Crippen LogP contribution in [0.3, 0.4) is 0 Å². The summed E-state index contributed by atoms with van der Waals surface area (Å²) in [6.07, 6.45) is 3.40. The Morgan fingerprint density at radius 2 is 2.25 bits per heavy atom. The highest BCUT2D eigenvalue weighted by Gasteiger charge is 2.21. The van der Waals surface area contributed by atoms with Crippen LogP contribution in [-0.4, -0.2) is 32.1 Å². The summed E-state index contributed by atoms with van der Waals surface area (Å²) in [6, 6.07) is 4.26. The first-order valence-corrected chi connectivity index (χ1v) is 5.87. The second-order valence-electron chi connectivity index (χ2n) is 3.94. The van der Waals surface area contributed by atoms with Gasteiger partial charge >= 0.3 is 0 Å². The van der Waals surface area contributed by atoms with Gasteiger partial charge in [0.25, 0.3) is 0 Å². The molecule has 0 saturated carbocycles. The highest BCUT2D eigenvalue weighted by atomic mass is 16.7. The molecule has 1 fully saturated rings. The summed E-state index contributed by atoms with van der Waals surface area (Å²) in [7, 11) is 0. The van der Waals surface area contributed by atoms with Gasteiger partial charge in [0.2, 0.25) is 0 Å². The highest BCUT2D eigenvalue weighted by molar-refractivity contribution is 5.00. The van der Waals surface area contributed by atoms with E-state index in [1.165, 1.54) is 0 Å². The van der Waals surface area contributed by atoms with Gasteiger partial charge < -0.3 is 19.2 Å². The fraction of sp³-hybridized carbons (Fsp3) is 0.667. The van der Waals surface area contributed by atoms with Crippen LogP contribution in [0.25, 0.3) is 0 Å². The van der Waals surface area contributed by atoms with Crippen molar-refractivity contribution in [1.29, 1.82) is 0 Å². The van der Waals surface area contributed by atoms with Gasteiger partial charge in [-0.1, -0.05) is 6.92 Å². The van der Waals surface area contributed by atoms with E-state index in [2.05, 4.69) is 12.2 Å². The van der Waals surface area contributed by atoms with Crippen molar-refractivity contribution in [2.45, 2.75) is 32.1 Å². The third-order valence-corrected chi connectivity index (χ3v) is 2.69. The number of hydrogen-bond donors (Lipinski definition) is 1. The first-order valence-electron chi connectivity index (χ1n) is 5.87. The highest BCUT2D eigenvalue weighted by Crippen LogP contribution is 2.14. The maximum absolute atomic E-state index is 5.46. The van der Waals surface area contributed by atoms with Crippen molar-refractivity contribution in [3.05, 3.63) is 24.2 Å². The minimum absolute atomic E-state index is 0.0565. The summed E-state index contributed by atoms with van der Waals surface area (Å²) in [6.45, 7) is 4.47. The molecule has 1 unspecified atom stereocenters. The van der Waals surface area contributed by atoms with Crippen molar-refractivity contribution in [3.8, 4) is 0 Å². The molecule has 0 amide bonds. The number of furan rings is 1. The molecular formula is C12H19NO3. The molecule has 0 aliphatic carbocycles. The van der Waals surface area contributed by atoms with Crippen LogP contribution in [0.5, 0.6) is 0 Å². The van der Waals surface area contributed by atoms with E-state index < -0.39 is 0 Å². The number of hydrogen-bond acceptors (Lipinski definition) is 4. The van der Waals surface area contributed by atoms with Crippen LogP contribution < -0.4 is 5.32 Å². The van der Waals surface area contributed by atoms with Crippen LogP contribution in [0.1, 0.15) is 19.1 Å². The molecule has 1 saturated heterocycles. The Hall–Kier alpha value is -0.840.